The van der Waals surface area contributed by atoms with Crippen LogP contribution in [0.4, 0.5) is 4.79 Å². The van der Waals surface area contributed by atoms with Crippen molar-refractivity contribution in [3.05, 3.63) is 35.9 Å². The third kappa shape index (κ3) is 6.47. The monoisotopic (exact) mass is 306 g/mol. The van der Waals surface area contributed by atoms with E-state index in [1.54, 1.807) is 14.1 Å². The van der Waals surface area contributed by atoms with Gasteiger partial charge in [0.15, 0.2) is 5.96 Å². The molecule has 0 saturated heterocycles. The Kier molecular flexibility index (Phi) is 6.69. The summed E-state index contributed by atoms with van der Waals surface area (Å²) >= 11 is 0. The fourth-order valence-corrected chi connectivity index (χ4v) is 1.87. The number of carbonyl (C=O) groups excluding carboxylic acids is 1. The number of aliphatic imine (C=N–C) groups is 1. The highest BCUT2D eigenvalue weighted by Gasteiger charge is 2.20. The molecule has 0 saturated carbocycles. The summed E-state index contributed by atoms with van der Waals surface area (Å²) in [4.78, 5) is 16.1. The summed E-state index contributed by atoms with van der Waals surface area (Å²) in [5.41, 5.74) is 0.465. The number of hydrogen-bond donors (Lipinski definition) is 3. The zero-order valence-corrected chi connectivity index (χ0v) is 13.9. The molecular weight excluding hydrogens is 280 g/mol. The van der Waals surface area contributed by atoms with E-state index in [0.29, 0.717) is 12.5 Å². The fraction of sp³-hybridized carbons (Fsp3) is 0.500. The Morgan fingerprint density at radius 3 is 2.41 bits per heavy atom. The van der Waals surface area contributed by atoms with Crippen molar-refractivity contribution in [2.24, 2.45) is 4.99 Å². The summed E-state index contributed by atoms with van der Waals surface area (Å²) in [6, 6.07) is 9.52. The number of hydrogen-bond acceptors (Lipinski definition) is 3. The van der Waals surface area contributed by atoms with E-state index in [1.807, 2.05) is 51.1 Å². The van der Waals surface area contributed by atoms with E-state index in [4.69, 9.17) is 4.74 Å². The first-order valence-corrected chi connectivity index (χ1v) is 7.28. The molecule has 0 aromatic heterocycles. The van der Waals surface area contributed by atoms with Gasteiger partial charge in [-0.3, -0.25) is 4.99 Å². The number of guanidine groups is 1. The minimum atomic E-state index is -0.528. The Balaban J connectivity index is 2.77. The van der Waals surface area contributed by atoms with Crippen molar-refractivity contribution >= 4 is 12.1 Å². The molecule has 1 unspecified atom stereocenters. The van der Waals surface area contributed by atoms with E-state index >= 15 is 0 Å². The van der Waals surface area contributed by atoms with Crippen molar-refractivity contribution in [3.63, 3.8) is 0 Å². The molecule has 122 valence electrons. The molecule has 3 N–H and O–H groups in total. The number of nitrogens with zero attached hydrogens (tertiary/aromatic N) is 1. The van der Waals surface area contributed by atoms with E-state index in [9.17, 15) is 4.79 Å². The first kappa shape index (κ1) is 17.8. The smallest absolute Gasteiger partial charge is 0.408 e. The normalized spacial score (nSPS) is 13.2. The van der Waals surface area contributed by atoms with Crippen LogP contribution >= 0.6 is 0 Å². The van der Waals surface area contributed by atoms with Crippen LogP contribution in [0, 0.1) is 0 Å². The second-order valence-corrected chi connectivity index (χ2v) is 5.81. The van der Waals surface area contributed by atoms with Crippen molar-refractivity contribution in [1.29, 1.82) is 0 Å². The minimum Gasteiger partial charge on any atom is -0.444 e. The Hall–Kier alpha value is -2.24. The summed E-state index contributed by atoms with van der Waals surface area (Å²) in [5, 5.41) is 8.99. The van der Waals surface area contributed by atoms with Gasteiger partial charge in [0.1, 0.15) is 5.60 Å². The van der Waals surface area contributed by atoms with Crippen LogP contribution in [0.25, 0.3) is 0 Å². The third-order valence-corrected chi connectivity index (χ3v) is 2.83. The van der Waals surface area contributed by atoms with Gasteiger partial charge in [-0.1, -0.05) is 30.3 Å². The molecule has 1 aromatic carbocycles. The quantitative estimate of drug-likeness (QED) is 0.588. The van der Waals surface area contributed by atoms with Crippen LogP contribution < -0.4 is 16.0 Å². The van der Waals surface area contributed by atoms with Crippen molar-refractivity contribution < 1.29 is 9.53 Å². The molecule has 0 aliphatic carbocycles. The second kappa shape index (κ2) is 8.26. The van der Waals surface area contributed by atoms with Crippen molar-refractivity contribution in [2.45, 2.75) is 32.4 Å². The van der Waals surface area contributed by atoms with Gasteiger partial charge in [0.2, 0.25) is 0 Å². The van der Waals surface area contributed by atoms with Crippen LogP contribution in [0.3, 0.4) is 0 Å². The number of carbonyl (C=O) groups is 1. The van der Waals surface area contributed by atoms with Gasteiger partial charge in [0.05, 0.1) is 6.04 Å². The van der Waals surface area contributed by atoms with Crippen LogP contribution in [0.5, 0.6) is 0 Å². The first-order chi connectivity index (χ1) is 10.4. The van der Waals surface area contributed by atoms with Gasteiger partial charge in [0, 0.05) is 20.6 Å². The summed E-state index contributed by atoms with van der Waals surface area (Å²) < 4.78 is 5.33. The molecule has 0 aliphatic heterocycles. The zero-order valence-electron chi connectivity index (χ0n) is 13.9. The fourth-order valence-electron chi connectivity index (χ4n) is 1.87. The van der Waals surface area contributed by atoms with Crippen LogP contribution in [0.1, 0.15) is 32.4 Å². The maximum absolute atomic E-state index is 12.0. The molecule has 22 heavy (non-hydrogen) atoms. The Labute approximate surface area is 132 Å². The highest BCUT2D eigenvalue weighted by atomic mass is 16.6. The number of nitrogens with one attached hydrogen (secondary N) is 3. The van der Waals surface area contributed by atoms with E-state index in [0.717, 1.165) is 5.56 Å². The highest BCUT2D eigenvalue weighted by Crippen LogP contribution is 2.13. The predicted octanol–water partition coefficient (Wildman–Crippen LogP) is 2.05. The van der Waals surface area contributed by atoms with E-state index < -0.39 is 11.7 Å². The van der Waals surface area contributed by atoms with Crippen LogP contribution in [-0.2, 0) is 4.74 Å². The maximum Gasteiger partial charge on any atom is 0.408 e. The van der Waals surface area contributed by atoms with E-state index in [-0.39, 0.29) is 6.04 Å². The van der Waals surface area contributed by atoms with Gasteiger partial charge >= 0.3 is 6.09 Å². The predicted molar refractivity (Wildman–Crippen MR) is 89.0 cm³/mol. The van der Waals surface area contributed by atoms with Gasteiger partial charge in [-0.25, -0.2) is 4.79 Å². The third-order valence-electron chi connectivity index (χ3n) is 2.83. The molecule has 6 nitrogen and oxygen atoms in total. The molecule has 0 heterocycles. The second-order valence-electron chi connectivity index (χ2n) is 5.81. The molecule has 6 heteroatoms. The number of amides is 1. The van der Waals surface area contributed by atoms with Crippen LogP contribution in [-0.4, -0.2) is 38.3 Å². The Morgan fingerprint density at radius 1 is 1.27 bits per heavy atom. The topological polar surface area (TPSA) is 74.8 Å². The Bertz CT molecular complexity index is 495. The molecule has 0 bridgehead atoms. The maximum atomic E-state index is 12.0. The van der Waals surface area contributed by atoms with Gasteiger partial charge in [-0.05, 0) is 26.3 Å². The Morgan fingerprint density at radius 2 is 1.91 bits per heavy atom. The molecule has 0 fully saturated rings. The largest absolute Gasteiger partial charge is 0.444 e. The lowest BCUT2D eigenvalue weighted by molar-refractivity contribution is 0.0504. The van der Waals surface area contributed by atoms with Gasteiger partial charge < -0.3 is 20.7 Å². The first-order valence-electron chi connectivity index (χ1n) is 7.28. The average Bonchev–Trinajstić information content (AvgIpc) is 2.46. The molecule has 1 atom stereocenters. The zero-order chi connectivity index (χ0) is 16.6. The van der Waals surface area contributed by atoms with E-state index in [1.165, 1.54) is 0 Å². The number of ether oxygens (including phenoxy) is 1. The van der Waals surface area contributed by atoms with Gasteiger partial charge in [-0.15, -0.1) is 0 Å². The number of alkyl carbamates (subject to hydrolysis) is 1. The summed E-state index contributed by atoms with van der Waals surface area (Å²) in [5.74, 6) is 0.659. The summed E-state index contributed by atoms with van der Waals surface area (Å²) in [6.07, 6.45) is -0.442. The van der Waals surface area contributed by atoms with Gasteiger partial charge in [-0.2, -0.15) is 0 Å². The van der Waals surface area contributed by atoms with Crippen LogP contribution in [0.15, 0.2) is 35.3 Å². The molecule has 0 radical (unpaired) electrons. The average molecular weight is 306 g/mol. The highest BCUT2D eigenvalue weighted by molar-refractivity contribution is 5.79. The lowest BCUT2D eigenvalue weighted by Crippen LogP contribution is -2.43. The standard InChI is InChI=1S/C16H26N4O2/c1-16(2,3)22-15(21)20-13(11-19-14(17-4)18-5)12-9-7-6-8-10-12/h6-10,13H,11H2,1-5H3,(H,20,21)(H2,17,18,19). The molecule has 1 rings (SSSR count). The SMILES string of the molecule is CN=C(NC)NCC(NC(=O)OC(C)(C)C)c1ccccc1. The number of benzene rings is 1. The summed E-state index contributed by atoms with van der Waals surface area (Å²) in [7, 11) is 3.48. The molecule has 1 aromatic rings. The minimum absolute atomic E-state index is 0.221. The summed E-state index contributed by atoms with van der Waals surface area (Å²) in [6.45, 7) is 6.01. The van der Waals surface area contributed by atoms with Crippen LogP contribution in [0.2, 0.25) is 0 Å². The number of rotatable bonds is 4. The molecule has 1 amide bonds. The van der Waals surface area contributed by atoms with Crippen molar-refractivity contribution in [2.75, 3.05) is 20.6 Å². The lowest BCUT2D eigenvalue weighted by Gasteiger charge is -2.24. The molecule has 0 spiro atoms. The van der Waals surface area contributed by atoms with E-state index in [2.05, 4.69) is 20.9 Å². The van der Waals surface area contributed by atoms with Crippen molar-refractivity contribution in [3.8, 4) is 0 Å². The molecule has 0 aliphatic rings. The lowest BCUT2D eigenvalue weighted by atomic mass is 10.1. The van der Waals surface area contributed by atoms with Gasteiger partial charge in [0.25, 0.3) is 0 Å². The molecular formula is C16H26N4O2. The van der Waals surface area contributed by atoms with Crippen molar-refractivity contribution in [1.82, 2.24) is 16.0 Å².